The Morgan fingerprint density at radius 2 is 2.08 bits per heavy atom. The Kier molecular flexibility index (Phi) is 4.94. The van der Waals surface area contributed by atoms with E-state index in [-0.39, 0.29) is 18.1 Å². The first-order valence-corrected chi connectivity index (χ1v) is 8.73. The molecule has 138 valence electrons. The molecule has 3 aromatic rings. The number of rotatable bonds is 5. The smallest absolute Gasteiger partial charge is 0.351 e. The minimum absolute atomic E-state index is 0.0989. The number of nitrogens with zero attached hydrogens (tertiary/aromatic N) is 4. The zero-order chi connectivity index (χ0) is 18.9. The van der Waals surface area contributed by atoms with Gasteiger partial charge in [-0.05, 0) is 37.3 Å². The van der Waals surface area contributed by atoms with Gasteiger partial charge in [-0.25, -0.2) is 9.50 Å². The van der Waals surface area contributed by atoms with Crippen molar-refractivity contribution in [2.75, 3.05) is 0 Å². The normalized spacial score (nSPS) is 11.9. The molecule has 10 heteroatoms. The fourth-order valence-electron chi connectivity index (χ4n) is 2.62. The highest BCUT2D eigenvalue weighted by molar-refractivity contribution is 7.09. The van der Waals surface area contributed by atoms with Crippen molar-refractivity contribution >= 4 is 23.0 Å². The van der Waals surface area contributed by atoms with E-state index in [1.165, 1.54) is 0 Å². The summed E-state index contributed by atoms with van der Waals surface area (Å²) in [6.45, 7) is 3.80. The van der Waals surface area contributed by atoms with Crippen LogP contribution in [0.3, 0.4) is 0 Å². The molecule has 0 radical (unpaired) electrons. The summed E-state index contributed by atoms with van der Waals surface area (Å²) >= 11 is 1.55. The Morgan fingerprint density at radius 1 is 1.31 bits per heavy atom. The van der Waals surface area contributed by atoms with Crippen LogP contribution in [-0.4, -0.2) is 25.5 Å². The van der Waals surface area contributed by atoms with Gasteiger partial charge in [0.15, 0.2) is 0 Å². The highest BCUT2D eigenvalue weighted by atomic mass is 32.1. The average molecular weight is 383 g/mol. The number of halogens is 3. The first-order chi connectivity index (χ1) is 12.3. The van der Waals surface area contributed by atoms with Crippen molar-refractivity contribution in [2.45, 2.75) is 39.4 Å². The van der Waals surface area contributed by atoms with Crippen molar-refractivity contribution < 1.29 is 18.0 Å². The first-order valence-electron chi connectivity index (χ1n) is 7.85. The van der Waals surface area contributed by atoms with Crippen LogP contribution in [0.5, 0.6) is 0 Å². The lowest BCUT2D eigenvalue weighted by Gasteiger charge is -2.10. The molecule has 0 atom stereocenters. The molecule has 0 aliphatic carbocycles. The van der Waals surface area contributed by atoms with E-state index in [4.69, 9.17) is 0 Å². The molecule has 3 aromatic heterocycles. The fraction of sp³-hybridized carbons (Fsp3) is 0.375. The molecule has 3 rings (SSSR count). The lowest BCUT2D eigenvalue weighted by molar-refractivity contribution is -0.144. The van der Waals surface area contributed by atoms with Gasteiger partial charge in [0, 0.05) is 22.7 Å². The van der Waals surface area contributed by atoms with Crippen LogP contribution in [0.2, 0.25) is 0 Å². The number of hydrogen-bond donors (Lipinski definition) is 1. The molecule has 0 spiro atoms. The van der Waals surface area contributed by atoms with E-state index >= 15 is 0 Å². The Morgan fingerprint density at radius 3 is 2.73 bits per heavy atom. The van der Waals surface area contributed by atoms with Gasteiger partial charge in [-0.15, -0.1) is 16.4 Å². The van der Waals surface area contributed by atoms with Crippen LogP contribution >= 0.6 is 11.3 Å². The summed E-state index contributed by atoms with van der Waals surface area (Å²) in [6, 6.07) is 3.84. The van der Waals surface area contributed by atoms with E-state index in [2.05, 4.69) is 20.4 Å². The van der Waals surface area contributed by atoms with Gasteiger partial charge in [0.25, 0.3) is 11.6 Å². The van der Waals surface area contributed by atoms with Gasteiger partial charge in [-0.1, -0.05) is 6.07 Å². The van der Waals surface area contributed by atoms with Crippen LogP contribution in [0, 0.1) is 13.8 Å². The van der Waals surface area contributed by atoms with Crippen molar-refractivity contribution in [2.24, 2.45) is 0 Å². The summed E-state index contributed by atoms with van der Waals surface area (Å²) in [5.41, 5.74) is 1.74. The van der Waals surface area contributed by atoms with Gasteiger partial charge in [-0.2, -0.15) is 18.2 Å². The Labute approximate surface area is 151 Å². The average Bonchev–Trinajstić information content (AvgIpc) is 3.21. The zero-order valence-electron chi connectivity index (χ0n) is 14.1. The van der Waals surface area contributed by atoms with Crippen LogP contribution in [0.25, 0.3) is 5.78 Å². The molecule has 0 fully saturated rings. The zero-order valence-corrected chi connectivity index (χ0v) is 14.9. The molecule has 1 amide bonds. The third-order valence-electron chi connectivity index (χ3n) is 3.94. The number of nitrogens with one attached hydrogen (secondary N) is 1. The first kappa shape index (κ1) is 18.3. The minimum Gasteiger partial charge on any atom is -0.351 e. The number of fused-ring (bicyclic) bond motifs is 1. The highest BCUT2D eigenvalue weighted by Gasteiger charge is 2.36. The molecular weight excluding hydrogens is 367 g/mol. The molecule has 0 aromatic carbocycles. The van der Waals surface area contributed by atoms with Gasteiger partial charge < -0.3 is 5.32 Å². The summed E-state index contributed by atoms with van der Waals surface area (Å²) in [4.78, 5) is 20.6. The predicted octanol–water partition coefficient (Wildman–Crippen LogP) is 3.07. The molecule has 0 saturated carbocycles. The number of carbonyl (C=O) groups excluding carboxylic acids is 1. The molecule has 0 bridgehead atoms. The van der Waals surface area contributed by atoms with Crippen molar-refractivity contribution in [3.63, 3.8) is 0 Å². The molecule has 26 heavy (non-hydrogen) atoms. The number of alkyl halides is 3. The monoisotopic (exact) mass is 383 g/mol. The topological polar surface area (TPSA) is 72.2 Å². The van der Waals surface area contributed by atoms with E-state index in [0.29, 0.717) is 29.9 Å². The molecular formula is C16H16F3N5OS. The van der Waals surface area contributed by atoms with Crippen LogP contribution in [0.1, 0.15) is 34.1 Å². The molecule has 6 nitrogen and oxygen atoms in total. The third-order valence-corrected chi connectivity index (χ3v) is 4.82. The standard InChI is InChI=1S/C16H16F3N5OS/c1-9-12(5-6-13(25)20-8-11-4-3-7-26-11)10(2)24-15(21-9)22-14(23-24)16(17,18)19/h3-4,7H,5-6,8H2,1-2H3,(H,20,25). The Bertz CT molecular complexity index is 934. The van der Waals surface area contributed by atoms with Crippen molar-refractivity contribution in [3.05, 3.63) is 45.2 Å². The maximum atomic E-state index is 12.8. The molecule has 0 unspecified atom stereocenters. The van der Waals surface area contributed by atoms with Crippen molar-refractivity contribution in [3.8, 4) is 0 Å². The lowest BCUT2D eigenvalue weighted by atomic mass is 10.1. The lowest BCUT2D eigenvalue weighted by Crippen LogP contribution is -2.23. The van der Waals surface area contributed by atoms with E-state index < -0.39 is 12.0 Å². The summed E-state index contributed by atoms with van der Waals surface area (Å²) in [6.07, 6.45) is -4.06. The van der Waals surface area contributed by atoms with Gasteiger partial charge in [0.05, 0.1) is 6.54 Å². The summed E-state index contributed by atoms with van der Waals surface area (Å²) in [5.74, 6) is -1.46. The minimum atomic E-state index is -4.63. The van der Waals surface area contributed by atoms with Gasteiger partial charge in [0.1, 0.15) is 0 Å². The van der Waals surface area contributed by atoms with E-state index in [1.807, 2.05) is 17.5 Å². The van der Waals surface area contributed by atoms with Crippen molar-refractivity contribution in [1.29, 1.82) is 0 Å². The van der Waals surface area contributed by atoms with E-state index in [9.17, 15) is 18.0 Å². The van der Waals surface area contributed by atoms with Crippen LogP contribution < -0.4 is 5.32 Å². The summed E-state index contributed by atoms with van der Waals surface area (Å²) in [5, 5.41) is 8.26. The third kappa shape index (κ3) is 3.85. The fourth-order valence-corrected chi connectivity index (χ4v) is 3.26. The summed E-state index contributed by atoms with van der Waals surface area (Å²) < 4.78 is 39.5. The van der Waals surface area contributed by atoms with Crippen LogP contribution in [-0.2, 0) is 23.9 Å². The van der Waals surface area contributed by atoms with Crippen molar-refractivity contribution in [1.82, 2.24) is 24.9 Å². The number of hydrogen-bond acceptors (Lipinski definition) is 5. The van der Waals surface area contributed by atoms with Gasteiger partial charge >= 0.3 is 6.18 Å². The van der Waals surface area contributed by atoms with Gasteiger partial charge in [-0.3, -0.25) is 4.79 Å². The predicted molar refractivity (Wildman–Crippen MR) is 89.7 cm³/mol. The molecule has 1 N–H and O–H groups in total. The number of carbonyl (C=O) groups is 1. The quantitative estimate of drug-likeness (QED) is 0.735. The Hall–Kier alpha value is -2.49. The summed E-state index contributed by atoms with van der Waals surface area (Å²) in [7, 11) is 0. The number of thiophene rings is 1. The molecule has 3 heterocycles. The molecule has 0 aliphatic heterocycles. The SMILES string of the molecule is Cc1nc2nc(C(F)(F)F)nn2c(C)c1CCC(=O)NCc1cccs1. The number of aryl methyl sites for hydroxylation is 2. The number of aromatic nitrogens is 4. The van der Waals surface area contributed by atoms with Crippen LogP contribution in [0.15, 0.2) is 17.5 Å². The molecule has 0 aliphatic rings. The second kappa shape index (κ2) is 7.02. The maximum Gasteiger partial charge on any atom is 0.453 e. The largest absolute Gasteiger partial charge is 0.453 e. The van der Waals surface area contributed by atoms with E-state index in [1.54, 1.807) is 25.2 Å². The highest BCUT2D eigenvalue weighted by Crippen LogP contribution is 2.27. The second-order valence-corrected chi connectivity index (χ2v) is 6.79. The number of amides is 1. The molecule has 0 saturated heterocycles. The second-order valence-electron chi connectivity index (χ2n) is 5.76. The van der Waals surface area contributed by atoms with Crippen LogP contribution in [0.4, 0.5) is 13.2 Å². The maximum absolute atomic E-state index is 12.8. The van der Waals surface area contributed by atoms with E-state index in [0.717, 1.165) is 9.39 Å². The Balaban J connectivity index is 1.74. The van der Waals surface area contributed by atoms with Gasteiger partial charge in [0.2, 0.25) is 5.91 Å².